The zero-order chi connectivity index (χ0) is 23.0. The number of ether oxygens (including phenoxy) is 1. The Morgan fingerprint density at radius 3 is 2.62 bits per heavy atom. The molecule has 32 heavy (non-hydrogen) atoms. The quantitative estimate of drug-likeness (QED) is 0.319. The smallest absolute Gasteiger partial charge is 0.175 e. The third-order valence-electron chi connectivity index (χ3n) is 5.67. The highest BCUT2D eigenvalue weighted by Crippen LogP contribution is 2.29. The number of piperazine rings is 1. The molecule has 170 valence electrons. The molecule has 2 aromatic heterocycles. The van der Waals surface area contributed by atoms with Crippen LogP contribution in [0.5, 0.6) is 0 Å². The monoisotopic (exact) mass is 436 g/mol. The van der Waals surface area contributed by atoms with Gasteiger partial charge in [-0.1, -0.05) is 0 Å². The van der Waals surface area contributed by atoms with Gasteiger partial charge in [-0.25, -0.2) is 14.5 Å². The Labute approximate surface area is 188 Å². The van der Waals surface area contributed by atoms with Crippen molar-refractivity contribution in [1.29, 1.82) is 0 Å². The van der Waals surface area contributed by atoms with E-state index < -0.39 is 0 Å². The number of aliphatic imine (C=N–C) groups is 1. The van der Waals surface area contributed by atoms with Crippen LogP contribution in [0.2, 0.25) is 0 Å². The first kappa shape index (κ1) is 22.0. The van der Waals surface area contributed by atoms with Crippen LogP contribution in [0.1, 0.15) is 36.2 Å². The summed E-state index contributed by atoms with van der Waals surface area (Å²) >= 11 is 0. The number of nitrogens with two attached hydrogens (primary N) is 2. The fourth-order valence-corrected chi connectivity index (χ4v) is 4.47. The molecule has 2 unspecified atom stereocenters. The number of hydrogen-bond acceptors (Lipinski definition) is 7. The number of amidine groups is 1. The normalized spacial score (nSPS) is 19.7. The number of imidazole rings is 1. The Morgan fingerprint density at radius 2 is 1.94 bits per heavy atom. The summed E-state index contributed by atoms with van der Waals surface area (Å²) in [4.78, 5) is 11.4. The Balaban J connectivity index is 1.73. The summed E-state index contributed by atoms with van der Waals surface area (Å²) in [7, 11) is 1.66. The largest absolute Gasteiger partial charge is 0.398 e. The molecule has 0 radical (unpaired) electrons. The summed E-state index contributed by atoms with van der Waals surface area (Å²) in [5, 5.41) is 8.09. The van der Waals surface area contributed by atoms with Crippen LogP contribution in [0, 0.1) is 13.8 Å². The molecule has 1 aliphatic heterocycles. The topological polar surface area (TPSA) is 119 Å². The average Bonchev–Trinajstić information content (AvgIpc) is 3.08. The van der Waals surface area contributed by atoms with Crippen molar-refractivity contribution in [3.05, 3.63) is 46.8 Å². The second-order valence-corrected chi connectivity index (χ2v) is 8.71. The van der Waals surface area contributed by atoms with Crippen molar-refractivity contribution in [3.8, 4) is 0 Å². The Kier molecular flexibility index (Phi) is 6.03. The van der Waals surface area contributed by atoms with Gasteiger partial charge in [-0.05, 0) is 57.0 Å². The molecule has 1 fully saturated rings. The van der Waals surface area contributed by atoms with Gasteiger partial charge in [0.2, 0.25) is 0 Å². The maximum atomic E-state index is 6.51. The lowest BCUT2D eigenvalue weighted by Gasteiger charge is -2.38. The molecule has 9 nitrogen and oxygen atoms in total. The van der Waals surface area contributed by atoms with Gasteiger partial charge in [0.15, 0.2) is 11.5 Å². The number of nitrogens with zero attached hydrogens (tertiary/aromatic N) is 5. The zero-order valence-corrected chi connectivity index (χ0v) is 19.4. The van der Waals surface area contributed by atoms with E-state index in [1.54, 1.807) is 11.6 Å². The third kappa shape index (κ3) is 4.39. The van der Waals surface area contributed by atoms with E-state index in [0.717, 1.165) is 41.2 Å². The highest BCUT2D eigenvalue weighted by Gasteiger charge is 2.23. The van der Waals surface area contributed by atoms with Crippen LogP contribution in [-0.2, 0) is 11.3 Å². The lowest BCUT2D eigenvalue weighted by Crippen LogP contribution is -2.54. The number of fused-ring (bicyclic) bond motifs is 1. The van der Waals surface area contributed by atoms with Crippen LogP contribution in [0.25, 0.3) is 5.65 Å². The molecule has 5 N–H and O–H groups in total. The lowest BCUT2D eigenvalue weighted by molar-refractivity contribution is 0.185. The molecule has 1 saturated heterocycles. The van der Waals surface area contributed by atoms with Crippen LogP contribution in [0.15, 0.2) is 29.4 Å². The van der Waals surface area contributed by atoms with E-state index in [1.807, 2.05) is 32.2 Å². The molecule has 0 bridgehead atoms. The van der Waals surface area contributed by atoms with E-state index in [0.29, 0.717) is 41.6 Å². The van der Waals surface area contributed by atoms with E-state index in [1.165, 1.54) is 0 Å². The maximum Gasteiger partial charge on any atom is 0.175 e. The summed E-state index contributed by atoms with van der Waals surface area (Å²) in [5.41, 5.74) is 18.9. The number of aryl methyl sites for hydroxylation is 2. The van der Waals surface area contributed by atoms with Gasteiger partial charge < -0.3 is 26.4 Å². The molecule has 1 aliphatic rings. The van der Waals surface area contributed by atoms with Crippen molar-refractivity contribution < 1.29 is 4.74 Å². The van der Waals surface area contributed by atoms with Crippen molar-refractivity contribution in [2.45, 2.75) is 46.4 Å². The molecular formula is C23H32N8O. The highest BCUT2D eigenvalue weighted by molar-refractivity contribution is 6.05. The molecule has 0 aliphatic carbocycles. The molecule has 2 atom stereocenters. The van der Waals surface area contributed by atoms with Crippen LogP contribution in [0.4, 0.5) is 17.2 Å². The van der Waals surface area contributed by atoms with Crippen molar-refractivity contribution >= 4 is 28.7 Å². The van der Waals surface area contributed by atoms with Crippen LogP contribution < -0.4 is 21.7 Å². The number of methoxy groups -OCH3 is 1. The lowest BCUT2D eigenvalue weighted by atomic mass is 10.0. The van der Waals surface area contributed by atoms with E-state index in [2.05, 4.69) is 45.2 Å². The van der Waals surface area contributed by atoms with E-state index in [9.17, 15) is 0 Å². The molecule has 3 aromatic rings. The molecule has 0 saturated carbocycles. The maximum absolute atomic E-state index is 6.51. The predicted octanol–water partition coefficient (Wildman–Crippen LogP) is 2.30. The summed E-state index contributed by atoms with van der Waals surface area (Å²) in [6, 6.07) is 6.74. The number of benzene rings is 1. The first-order valence-corrected chi connectivity index (χ1v) is 10.9. The van der Waals surface area contributed by atoms with Gasteiger partial charge in [-0.3, -0.25) is 0 Å². The number of nitrogen functional groups attached to an aromatic ring is 1. The fraction of sp³-hybridized carbons (Fsp3) is 0.435. The minimum absolute atomic E-state index is 0.311. The zero-order valence-electron chi connectivity index (χ0n) is 19.4. The molecule has 4 rings (SSSR count). The highest BCUT2D eigenvalue weighted by atomic mass is 16.5. The van der Waals surface area contributed by atoms with Crippen molar-refractivity contribution in [1.82, 2.24) is 19.9 Å². The van der Waals surface area contributed by atoms with Crippen molar-refractivity contribution in [3.63, 3.8) is 0 Å². The second-order valence-electron chi connectivity index (χ2n) is 8.71. The Bertz CT molecular complexity index is 1160. The number of rotatable bonds is 5. The average molecular weight is 437 g/mol. The van der Waals surface area contributed by atoms with E-state index in [4.69, 9.17) is 16.2 Å². The van der Waals surface area contributed by atoms with Crippen molar-refractivity contribution in [2.75, 3.05) is 30.8 Å². The van der Waals surface area contributed by atoms with Crippen molar-refractivity contribution in [2.24, 2.45) is 10.7 Å². The van der Waals surface area contributed by atoms with Gasteiger partial charge in [-0.2, -0.15) is 0 Å². The van der Waals surface area contributed by atoms with Gasteiger partial charge in [0, 0.05) is 49.2 Å². The predicted molar refractivity (Wildman–Crippen MR) is 129 cm³/mol. The van der Waals surface area contributed by atoms with Gasteiger partial charge in [0.1, 0.15) is 5.84 Å². The van der Waals surface area contributed by atoms with Gasteiger partial charge in [-0.15, -0.1) is 5.10 Å². The molecule has 9 heteroatoms. The summed E-state index contributed by atoms with van der Waals surface area (Å²) in [5.74, 6) is 0.813. The minimum Gasteiger partial charge on any atom is -0.398 e. The fourth-order valence-electron chi connectivity index (χ4n) is 4.47. The number of nitrogens with one attached hydrogen (secondary N) is 1. The van der Waals surface area contributed by atoms with Gasteiger partial charge in [0.25, 0.3) is 0 Å². The number of anilines is 2. The van der Waals surface area contributed by atoms with Crippen LogP contribution in [-0.4, -0.2) is 52.7 Å². The van der Waals surface area contributed by atoms with Crippen LogP contribution >= 0.6 is 0 Å². The molecule has 1 aromatic carbocycles. The summed E-state index contributed by atoms with van der Waals surface area (Å²) in [6.45, 7) is 10.5. The minimum atomic E-state index is 0.311. The van der Waals surface area contributed by atoms with E-state index in [-0.39, 0.29) is 0 Å². The van der Waals surface area contributed by atoms with Gasteiger partial charge in [0.05, 0.1) is 18.5 Å². The van der Waals surface area contributed by atoms with Crippen LogP contribution in [0.3, 0.4) is 0 Å². The Morgan fingerprint density at radius 1 is 1.22 bits per heavy atom. The first-order valence-electron chi connectivity index (χ1n) is 10.9. The number of aromatic nitrogens is 3. The molecular weight excluding hydrogens is 404 g/mol. The standard InChI is InChI=1S/C23H32N8O/c1-13-6-20(29-31-11-16(4)27-23(13)31)28-22(25)21-17(12-32-5)7-18(8-19(21)24)30-9-14(2)26-15(3)10-30/h6-8,11,14-15,26H,9-10,12,24H2,1-5H3,(H2,25,28,29). The SMILES string of the molecule is COCc1cc(N2CC(C)NC(C)C2)cc(N)c1C(N)=Nc1cc(C)c2nc(C)cn2n1. The first-order chi connectivity index (χ1) is 15.2. The van der Waals surface area contributed by atoms with Gasteiger partial charge >= 0.3 is 0 Å². The summed E-state index contributed by atoms with van der Waals surface area (Å²) < 4.78 is 7.19. The number of hydrogen-bond donors (Lipinski definition) is 3. The second kappa shape index (κ2) is 8.76. The molecule has 0 amide bonds. The summed E-state index contributed by atoms with van der Waals surface area (Å²) in [6.07, 6.45) is 1.87. The molecule has 3 heterocycles. The third-order valence-corrected chi connectivity index (χ3v) is 5.67. The Hall–Kier alpha value is -3.17. The molecule has 0 spiro atoms. The van der Waals surface area contributed by atoms with E-state index >= 15 is 0 Å².